The molecule has 0 spiro atoms. The first-order valence-corrected chi connectivity index (χ1v) is 4.23. The van der Waals surface area contributed by atoms with E-state index >= 15 is 0 Å². The lowest BCUT2D eigenvalue weighted by atomic mass is 10.1. The molecule has 0 aromatic carbocycles. The molecule has 0 bridgehead atoms. The van der Waals surface area contributed by atoms with E-state index in [1.54, 1.807) is 24.4 Å². The highest BCUT2D eigenvalue weighted by Crippen LogP contribution is 2.05. The molecule has 0 fully saturated rings. The van der Waals surface area contributed by atoms with E-state index in [1.165, 1.54) is 13.1 Å². The first kappa shape index (κ1) is 10.1. The first-order valence-electron chi connectivity index (χ1n) is 4.23. The highest BCUT2D eigenvalue weighted by molar-refractivity contribution is 5.94. The number of hydrogen-bond donors (Lipinski definition) is 0. The van der Waals surface area contributed by atoms with E-state index in [0.717, 1.165) is 5.56 Å². The van der Waals surface area contributed by atoms with E-state index in [1.807, 2.05) is 6.07 Å². The van der Waals surface area contributed by atoms with Crippen LogP contribution in [0.15, 0.2) is 24.5 Å². The lowest BCUT2D eigenvalue weighted by Gasteiger charge is -1.95. The van der Waals surface area contributed by atoms with Crippen LogP contribution >= 0.6 is 0 Å². The van der Waals surface area contributed by atoms with Crippen LogP contribution in [0.2, 0.25) is 0 Å². The molecular formula is C11H10N2O. The van der Waals surface area contributed by atoms with E-state index in [4.69, 9.17) is 5.26 Å². The van der Waals surface area contributed by atoms with Gasteiger partial charge in [-0.25, -0.2) is 0 Å². The van der Waals surface area contributed by atoms with Crippen LogP contribution in [0.3, 0.4) is 0 Å². The number of aromatic nitrogens is 1. The second kappa shape index (κ2) is 4.93. The van der Waals surface area contributed by atoms with Crippen molar-refractivity contribution in [1.29, 1.82) is 5.26 Å². The minimum Gasteiger partial charge on any atom is -0.294 e. The highest BCUT2D eigenvalue weighted by atomic mass is 16.1. The number of allylic oxidation sites excluding steroid dienone is 1. The van der Waals surface area contributed by atoms with E-state index in [-0.39, 0.29) is 5.78 Å². The summed E-state index contributed by atoms with van der Waals surface area (Å²) in [6, 6.07) is 3.75. The summed E-state index contributed by atoms with van der Waals surface area (Å²) in [4.78, 5) is 14.9. The summed E-state index contributed by atoms with van der Waals surface area (Å²) >= 11 is 0. The van der Waals surface area contributed by atoms with Crippen molar-refractivity contribution in [2.75, 3.05) is 0 Å². The summed E-state index contributed by atoms with van der Waals surface area (Å²) in [6.07, 6.45) is 7.07. The molecular weight excluding hydrogens is 176 g/mol. The Morgan fingerprint density at radius 3 is 3.07 bits per heavy atom. The van der Waals surface area contributed by atoms with Crippen molar-refractivity contribution in [3.05, 3.63) is 35.7 Å². The van der Waals surface area contributed by atoms with Crippen LogP contribution in [0.5, 0.6) is 0 Å². The van der Waals surface area contributed by atoms with Gasteiger partial charge in [0.1, 0.15) is 0 Å². The quantitative estimate of drug-likeness (QED) is 0.680. The molecule has 0 atom stereocenters. The van der Waals surface area contributed by atoms with Crippen molar-refractivity contribution in [3.8, 4) is 6.07 Å². The van der Waals surface area contributed by atoms with Gasteiger partial charge in [0.15, 0.2) is 5.78 Å². The third-order valence-corrected chi connectivity index (χ3v) is 1.69. The third-order valence-electron chi connectivity index (χ3n) is 1.69. The van der Waals surface area contributed by atoms with Crippen LogP contribution in [-0.4, -0.2) is 10.8 Å². The molecule has 0 saturated carbocycles. The Bertz CT molecular complexity index is 402. The zero-order valence-electron chi connectivity index (χ0n) is 7.90. The van der Waals surface area contributed by atoms with E-state index in [9.17, 15) is 4.79 Å². The molecule has 0 saturated heterocycles. The highest BCUT2D eigenvalue weighted by Gasteiger charge is 1.98. The zero-order chi connectivity index (χ0) is 10.4. The van der Waals surface area contributed by atoms with Crippen molar-refractivity contribution in [1.82, 2.24) is 4.98 Å². The number of Topliss-reactive ketones (excluding diaryl/α,β-unsaturated/α-hetero) is 1. The van der Waals surface area contributed by atoms with Crippen LogP contribution in [0.1, 0.15) is 29.3 Å². The Labute approximate surface area is 82.7 Å². The van der Waals surface area contributed by atoms with Gasteiger partial charge in [0.2, 0.25) is 0 Å². The van der Waals surface area contributed by atoms with E-state index in [0.29, 0.717) is 12.0 Å². The van der Waals surface area contributed by atoms with Crippen molar-refractivity contribution in [2.45, 2.75) is 13.3 Å². The fourth-order valence-corrected chi connectivity index (χ4v) is 0.989. The van der Waals surface area contributed by atoms with Gasteiger partial charge >= 0.3 is 0 Å². The normalized spacial score (nSPS) is 10.0. The predicted octanol–water partition coefficient (Wildman–Crippen LogP) is 2.21. The topological polar surface area (TPSA) is 53.8 Å². The van der Waals surface area contributed by atoms with Crippen LogP contribution < -0.4 is 0 Å². The minimum absolute atomic E-state index is 0.00645. The van der Waals surface area contributed by atoms with Crippen molar-refractivity contribution < 1.29 is 4.79 Å². The Morgan fingerprint density at radius 2 is 2.43 bits per heavy atom. The summed E-state index contributed by atoms with van der Waals surface area (Å²) in [6.45, 7) is 1.50. The number of ketones is 1. The van der Waals surface area contributed by atoms with Gasteiger partial charge in [-0.15, -0.1) is 0 Å². The molecule has 1 heterocycles. The predicted molar refractivity (Wildman–Crippen MR) is 53.5 cm³/mol. The summed E-state index contributed by atoms with van der Waals surface area (Å²) in [5.41, 5.74) is 1.43. The SMILES string of the molecule is CC(=O)c1cncc(C=CCC#N)c1. The average Bonchev–Trinajstić information content (AvgIpc) is 2.19. The molecule has 0 aliphatic carbocycles. The number of nitriles is 1. The molecule has 0 radical (unpaired) electrons. The summed E-state index contributed by atoms with van der Waals surface area (Å²) in [7, 11) is 0. The van der Waals surface area contributed by atoms with Crippen LogP contribution in [0, 0.1) is 11.3 Å². The number of rotatable bonds is 3. The van der Waals surface area contributed by atoms with Gasteiger partial charge < -0.3 is 0 Å². The van der Waals surface area contributed by atoms with Gasteiger partial charge in [0.25, 0.3) is 0 Å². The Balaban J connectivity index is 2.85. The van der Waals surface area contributed by atoms with Crippen LogP contribution in [0.4, 0.5) is 0 Å². The Morgan fingerprint density at radius 1 is 1.64 bits per heavy atom. The molecule has 0 N–H and O–H groups in total. The summed E-state index contributed by atoms with van der Waals surface area (Å²) < 4.78 is 0. The number of carbonyl (C=O) groups is 1. The molecule has 70 valence electrons. The molecule has 14 heavy (non-hydrogen) atoms. The van der Waals surface area contributed by atoms with E-state index in [2.05, 4.69) is 4.98 Å². The van der Waals surface area contributed by atoms with Gasteiger partial charge in [-0.3, -0.25) is 9.78 Å². The molecule has 3 nitrogen and oxygen atoms in total. The van der Waals surface area contributed by atoms with Crippen LogP contribution in [-0.2, 0) is 0 Å². The molecule has 3 heteroatoms. The summed E-state index contributed by atoms with van der Waals surface area (Å²) in [5.74, 6) is -0.00645. The standard InChI is InChI=1S/C11H10N2O/c1-9(14)11-6-10(7-13-8-11)4-2-3-5-12/h2,4,6-8H,3H2,1H3. The monoisotopic (exact) mass is 186 g/mol. The molecule has 0 amide bonds. The number of carbonyl (C=O) groups excluding carboxylic acids is 1. The number of pyridine rings is 1. The largest absolute Gasteiger partial charge is 0.294 e. The lowest BCUT2D eigenvalue weighted by molar-refractivity contribution is 0.101. The number of nitrogens with zero attached hydrogens (tertiary/aromatic N) is 2. The van der Waals surface area contributed by atoms with E-state index < -0.39 is 0 Å². The molecule has 1 aromatic rings. The minimum atomic E-state index is -0.00645. The molecule has 1 aromatic heterocycles. The fourth-order valence-electron chi connectivity index (χ4n) is 0.989. The van der Waals surface area contributed by atoms with Crippen LogP contribution in [0.25, 0.3) is 6.08 Å². The maximum absolute atomic E-state index is 11.0. The maximum Gasteiger partial charge on any atom is 0.161 e. The average molecular weight is 186 g/mol. The molecule has 0 aliphatic heterocycles. The van der Waals surface area contributed by atoms with Crippen molar-refractivity contribution in [2.24, 2.45) is 0 Å². The molecule has 1 rings (SSSR count). The second-order valence-corrected chi connectivity index (χ2v) is 2.83. The van der Waals surface area contributed by atoms with Crippen molar-refractivity contribution >= 4 is 11.9 Å². The van der Waals surface area contributed by atoms with Gasteiger partial charge in [0.05, 0.1) is 12.5 Å². The van der Waals surface area contributed by atoms with Gasteiger partial charge in [-0.05, 0) is 18.6 Å². The second-order valence-electron chi connectivity index (χ2n) is 2.83. The van der Waals surface area contributed by atoms with Crippen molar-refractivity contribution in [3.63, 3.8) is 0 Å². The summed E-state index contributed by atoms with van der Waals surface area (Å²) in [5, 5.41) is 8.32. The third kappa shape index (κ3) is 2.83. The molecule has 0 aliphatic rings. The first-order chi connectivity index (χ1) is 6.74. The zero-order valence-corrected chi connectivity index (χ0v) is 7.90. The number of hydrogen-bond acceptors (Lipinski definition) is 3. The fraction of sp³-hybridized carbons (Fsp3) is 0.182. The Hall–Kier alpha value is -1.95. The van der Waals surface area contributed by atoms with Gasteiger partial charge in [-0.2, -0.15) is 5.26 Å². The molecule has 0 unspecified atom stereocenters. The lowest BCUT2D eigenvalue weighted by Crippen LogP contribution is -1.93. The van der Waals surface area contributed by atoms with Gasteiger partial charge in [0, 0.05) is 18.0 Å². The Kier molecular flexibility index (Phi) is 3.57. The van der Waals surface area contributed by atoms with Gasteiger partial charge in [-0.1, -0.05) is 12.2 Å². The smallest absolute Gasteiger partial charge is 0.161 e. The maximum atomic E-state index is 11.0.